The van der Waals surface area contributed by atoms with E-state index < -0.39 is 0 Å². The Hall–Kier alpha value is -2.06. The number of anilines is 1. The van der Waals surface area contributed by atoms with E-state index >= 15 is 0 Å². The fraction of sp³-hybridized carbons (Fsp3) is 0.526. The van der Waals surface area contributed by atoms with E-state index in [1.165, 1.54) is 11.8 Å². The summed E-state index contributed by atoms with van der Waals surface area (Å²) in [5.41, 5.74) is 0.987. The average molecular weight is 390 g/mol. The molecular formula is C19H27N5O2S. The van der Waals surface area contributed by atoms with E-state index in [-0.39, 0.29) is 11.2 Å². The molecule has 0 saturated carbocycles. The lowest BCUT2D eigenvalue weighted by atomic mass is 10.2. The van der Waals surface area contributed by atoms with Crippen molar-refractivity contribution >= 4 is 23.6 Å². The highest BCUT2D eigenvalue weighted by molar-refractivity contribution is 8.00. The predicted molar refractivity (Wildman–Crippen MR) is 108 cm³/mol. The van der Waals surface area contributed by atoms with Gasteiger partial charge in [-0.3, -0.25) is 9.36 Å². The second-order valence-corrected chi connectivity index (χ2v) is 8.26. The largest absolute Gasteiger partial charge is 0.378 e. The summed E-state index contributed by atoms with van der Waals surface area (Å²) < 4.78 is 7.49. The number of carbonyl (C=O) groups is 1. The van der Waals surface area contributed by atoms with Crippen LogP contribution in [-0.2, 0) is 9.53 Å². The van der Waals surface area contributed by atoms with Crippen LogP contribution in [0.5, 0.6) is 0 Å². The Morgan fingerprint density at radius 3 is 2.56 bits per heavy atom. The molecule has 2 heterocycles. The molecule has 27 heavy (non-hydrogen) atoms. The molecule has 1 aromatic carbocycles. The minimum Gasteiger partial charge on any atom is -0.378 e. The van der Waals surface area contributed by atoms with Crippen molar-refractivity contribution in [3.05, 3.63) is 30.3 Å². The molecular weight excluding hydrogens is 362 g/mol. The standard InChI is InChI=1S/C19H27N5O2S/c1-14(2)13-20-17(25)15(3)27-19-22-21-18(23-9-11-26-12-10-23)24(19)16-7-5-4-6-8-16/h4-8,14-15H,9-13H2,1-3H3,(H,20,25). The van der Waals surface area contributed by atoms with E-state index in [2.05, 4.69) is 34.3 Å². The van der Waals surface area contributed by atoms with E-state index in [1.807, 2.05) is 41.8 Å². The maximum absolute atomic E-state index is 12.4. The van der Waals surface area contributed by atoms with Crippen LogP contribution in [0.1, 0.15) is 20.8 Å². The fourth-order valence-electron chi connectivity index (χ4n) is 2.77. The Balaban J connectivity index is 1.84. The number of carbonyl (C=O) groups excluding carboxylic acids is 1. The summed E-state index contributed by atoms with van der Waals surface area (Å²) >= 11 is 1.43. The van der Waals surface area contributed by atoms with Gasteiger partial charge in [-0.2, -0.15) is 0 Å². The first kappa shape index (κ1) is 19.7. The van der Waals surface area contributed by atoms with Crippen LogP contribution in [0.4, 0.5) is 5.95 Å². The zero-order chi connectivity index (χ0) is 19.2. The molecule has 1 fully saturated rings. The van der Waals surface area contributed by atoms with Crippen molar-refractivity contribution in [1.82, 2.24) is 20.1 Å². The Morgan fingerprint density at radius 2 is 1.89 bits per heavy atom. The first-order valence-corrected chi connectivity index (χ1v) is 10.2. The van der Waals surface area contributed by atoms with Gasteiger partial charge in [0.25, 0.3) is 0 Å². The zero-order valence-electron chi connectivity index (χ0n) is 16.1. The number of para-hydroxylation sites is 1. The number of ether oxygens (including phenoxy) is 1. The first-order chi connectivity index (χ1) is 13.1. The molecule has 1 atom stereocenters. The summed E-state index contributed by atoms with van der Waals surface area (Å²) in [5, 5.41) is 12.3. The third-order valence-electron chi connectivity index (χ3n) is 4.26. The van der Waals surface area contributed by atoms with Crippen molar-refractivity contribution in [3.63, 3.8) is 0 Å². The monoisotopic (exact) mass is 389 g/mol. The number of benzene rings is 1. The van der Waals surface area contributed by atoms with E-state index in [0.29, 0.717) is 25.7 Å². The Bertz CT molecular complexity index is 744. The van der Waals surface area contributed by atoms with Crippen LogP contribution in [0.2, 0.25) is 0 Å². The highest BCUT2D eigenvalue weighted by Gasteiger charge is 2.24. The molecule has 1 saturated heterocycles. The van der Waals surface area contributed by atoms with Gasteiger partial charge < -0.3 is 15.0 Å². The maximum Gasteiger partial charge on any atom is 0.233 e. The highest BCUT2D eigenvalue weighted by Crippen LogP contribution is 2.29. The number of morpholine rings is 1. The summed E-state index contributed by atoms with van der Waals surface area (Å²) in [6.07, 6.45) is 0. The number of amides is 1. The summed E-state index contributed by atoms with van der Waals surface area (Å²) in [5.74, 6) is 1.23. The molecule has 0 bridgehead atoms. The first-order valence-electron chi connectivity index (χ1n) is 9.34. The third kappa shape index (κ3) is 5.01. The van der Waals surface area contributed by atoms with Gasteiger partial charge in [0.1, 0.15) is 0 Å². The van der Waals surface area contributed by atoms with Crippen molar-refractivity contribution in [2.75, 3.05) is 37.7 Å². The molecule has 0 aliphatic carbocycles. The van der Waals surface area contributed by atoms with Gasteiger partial charge in [0.15, 0.2) is 5.16 Å². The molecule has 0 radical (unpaired) electrons. The SMILES string of the molecule is CC(C)CNC(=O)C(C)Sc1nnc(N2CCOCC2)n1-c1ccccc1. The molecule has 8 heteroatoms. The van der Waals surface area contributed by atoms with Crippen LogP contribution in [-0.4, -0.2) is 58.8 Å². The number of thioether (sulfide) groups is 1. The van der Waals surface area contributed by atoms with Gasteiger partial charge >= 0.3 is 0 Å². The van der Waals surface area contributed by atoms with Crippen LogP contribution in [0, 0.1) is 5.92 Å². The minimum absolute atomic E-state index is 0.0178. The second-order valence-electron chi connectivity index (χ2n) is 6.95. The molecule has 2 aromatic rings. The average Bonchev–Trinajstić information content (AvgIpc) is 3.10. The Labute approximate surface area is 164 Å². The van der Waals surface area contributed by atoms with Crippen LogP contribution < -0.4 is 10.2 Å². The maximum atomic E-state index is 12.4. The lowest BCUT2D eigenvalue weighted by molar-refractivity contribution is -0.120. The van der Waals surface area contributed by atoms with Gasteiger partial charge in [0.05, 0.1) is 24.2 Å². The Morgan fingerprint density at radius 1 is 1.19 bits per heavy atom. The topological polar surface area (TPSA) is 72.3 Å². The molecule has 1 aromatic heterocycles. The van der Waals surface area contributed by atoms with Crippen molar-refractivity contribution in [3.8, 4) is 5.69 Å². The summed E-state index contributed by atoms with van der Waals surface area (Å²) in [6.45, 7) is 9.65. The Kier molecular flexibility index (Phi) is 6.73. The number of rotatable bonds is 7. The lowest BCUT2D eigenvalue weighted by Crippen LogP contribution is -2.38. The van der Waals surface area contributed by atoms with Crippen LogP contribution in [0.15, 0.2) is 35.5 Å². The summed E-state index contributed by atoms with van der Waals surface area (Å²) in [7, 11) is 0. The van der Waals surface area contributed by atoms with Crippen LogP contribution >= 0.6 is 11.8 Å². The van der Waals surface area contributed by atoms with E-state index in [4.69, 9.17) is 4.74 Å². The molecule has 3 rings (SSSR count). The van der Waals surface area contributed by atoms with Crippen molar-refractivity contribution < 1.29 is 9.53 Å². The minimum atomic E-state index is -0.257. The van der Waals surface area contributed by atoms with Gasteiger partial charge in [-0.05, 0) is 25.0 Å². The third-order valence-corrected chi connectivity index (χ3v) is 5.30. The smallest absolute Gasteiger partial charge is 0.233 e. The molecule has 1 unspecified atom stereocenters. The number of aromatic nitrogens is 3. The number of hydrogen-bond donors (Lipinski definition) is 1. The molecule has 1 aliphatic heterocycles. The molecule has 0 spiro atoms. The van der Waals surface area contributed by atoms with E-state index in [9.17, 15) is 4.79 Å². The van der Waals surface area contributed by atoms with Gasteiger partial charge in [-0.25, -0.2) is 0 Å². The fourth-order valence-corrected chi connectivity index (χ4v) is 3.66. The van der Waals surface area contributed by atoms with Gasteiger partial charge in [0, 0.05) is 19.6 Å². The summed E-state index contributed by atoms with van der Waals surface area (Å²) in [4.78, 5) is 14.6. The van der Waals surface area contributed by atoms with Gasteiger partial charge in [0.2, 0.25) is 11.9 Å². The number of nitrogens with zero attached hydrogens (tertiary/aromatic N) is 4. The molecule has 7 nitrogen and oxygen atoms in total. The lowest BCUT2D eigenvalue weighted by Gasteiger charge is -2.28. The van der Waals surface area contributed by atoms with Crippen LogP contribution in [0.3, 0.4) is 0 Å². The number of hydrogen-bond acceptors (Lipinski definition) is 6. The van der Waals surface area contributed by atoms with E-state index in [1.54, 1.807) is 0 Å². The second kappa shape index (κ2) is 9.23. The quantitative estimate of drug-likeness (QED) is 0.733. The van der Waals surface area contributed by atoms with E-state index in [0.717, 1.165) is 29.9 Å². The van der Waals surface area contributed by atoms with Crippen molar-refractivity contribution in [2.45, 2.75) is 31.2 Å². The molecule has 146 valence electrons. The molecule has 1 N–H and O–H groups in total. The van der Waals surface area contributed by atoms with Crippen molar-refractivity contribution in [1.29, 1.82) is 0 Å². The highest BCUT2D eigenvalue weighted by atomic mass is 32.2. The number of nitrogens with one attached hydrogen (secondary N) is 1. The van der Waals surface area contributed by atoms with Gasteiger partial charge in [-0.1, -0.05) is 43.8 Å². The van der Waals surface area contributed by atoms with Gasteiger partial charge in [-0.15, -0.1) is 10.2 Å². The molecule has 1 aliphatic rings. The zero-order valence-corrected chi connectivity index (χ0v) is 16.9. The predicted octanol–water partition coefficient (Wildman–Crippen LogP) is 2.36. The van der Waals surface area contributed by atoms with Crippen LogP contribution in [0.25, 0.3) is 5.69 Å². The normalized spacial score (nSPS) is 15.8. The van der Waals surface area contributed by atoms with Crippen molar-refractivity contribution in [2.24, 2.45) is 5.92 Å². The summed E-state index contributed by atoms with van der Waals surface area (Å²) in [6, 6.07) is 10.0. The molecule has 1 amide bonds.